The number of carbonyl (C=O) groups excluding carboxylic acids is 1. The van der Waals surface area contributed by atoms with E-state index in [4.69, 9.17) is 0 Å². The van der Waals surface area contributed by atoms with Crippen molar-refractivity contribution in [3.05, 3.63) is 46.2 Å². The van der Waals surface area contributed by atoms with Crippen LogP contribution < -0.4 is 15.4 Å². The third-order valence-electron chi connectivity index (χ3n) is 6.24. The van der Waals surface area contributed by atoms with Gasteiger partial charge in [-0.25, -0.2) is 9.59 Å². The average Bonchev–Trinajstić information content (AvgIpc) is 3.22. The van der Waals surface area contributed by atoms with Crippen LogP contribution >= 0.6 is 11.3 Å². The van der Waals surface area contributed by atoms with Crippen molar-refractivity contribution >= 4 is 29.0 Å². The van der Waals surface area contributed by atoms with Crippen LogP contribution in [-0.4, -0.2) is 23.5 Å². The number of ether oxygens (including phenoxy) is 1. The molecule has 1 heterocycles. The summed E-state index contributed by atoms with van der Waals surface area (Å²) < 4.78 is 40.9. The molecule has 1 atom stereocenters. The first-order valence-electron chi connectivity index (χ1n) is 11.1. The molecule has 1 aromatic carbocycles. The Labute approximate surface area is 200 Å². The summed E-state index contributed by atoms with van der Waals surface area (Å²) in [4.78, 5) is 25.1. The standard InChI is InChI=1S/C24H29F3N2O4S/c1-23(2,3)15-6-4-14(5-7-15)20(18-12-13-19(34-18)21(30)31)29-22(32)28-16-8-10-17(11-9-16)33-24(25,26)27/h8-15,20H,4-7H2,1-3H3,(H,30,31)(H2,28,29,32). The largest absolute Gasteiger partial charge is 0.573 e. The third-order valence-corrected chi connectivity index (χ3v) is 7.40. The first-order valence-corrected chi connectivity index (χ1v) is 11.9. The molecule has 1 unspecified atom stereocenters. The van der Waals surface area contributed by atoms with Gasteiger partial charge in [-0.05, 0) is 79.3 Å². The van der Waals surface area contributed by atoms with Gasteiger partial charge in [0.1, 0.15) is 10.6 Å². The van der Waals surface area contributed by atoms with Crippen molar-refractivity contribution in [2.75, 3.05) is 5.32 Å². The zero-order chi connectivity index (χ0) is 25.1. The Bertz CT molecular complexity index is 991. The third kappa shape index (κ3) is 7.12. The smallest absolute Gasteiger partial charge is 0.477 e. The van der Waals surface area contributed by atoms with Crippen LogP contribution in [0.25, 0.3) is 0 Å². The minimum atomic E-state index is -4.79. The number of carboxylic acids is 1. The van der Waals surface area contributed by atoms with Crippen molar-refractivity contribution < 1.29 is 32.6 Å². The highest BCUT2D eigenvalue weighted by atomic mass is 32.1. The zero-order valence-electron chi connectivity index (χ0n) is 19.2. The lowest BCUT2D eigenvalue weighted by atomic mass is 9.68. The van der Waals surface area contributed by atoms with E-state index in [9.17, 15) is 27.9 Å². The highest BCUT2D eigenvalue weighted by Crippen LogP contribution is 2.44. The number of halogens is 3. The number of rotatable bonds is 6. The SMILES string of the molecule is CC(C)(C)C1CCC(C(NC(=O)Nc2ccc(OC(F)(F)F)cc2)c2ccc(C(=O)O)s2)CC1. The Balaban J connectivity index is 1.71. The van der Waals surface area contributed by atoms with Crippen molar-refractivity contribution in [1.29, 1.82) is 0 Å². The van der Waals surface area contributed by atoms with E-state index < -0.39 is 18.4 Å². The lowest BCUT2D eigenvalue weighted by Gasteiger charge is -2.39. The summed E-state index contributed by atoms with van der Waals surface area (Å²) in [5.74, 6) is -0.676. The number of nitrogens with one attached hydrogen (secondary N) is 2. The summed E-state index contributed by atoms with van der Waals surface area (Å²) in [6.45, 7) is 6.68. The molecule has 10 heteroatoms. The Morgan fingerprint density at radius 1 is 1.03 bits per heavy atom. The number of hydrogen-bond acceptors (Lipinski definition) is 4. The maximum absolute atomic E-state index is 12.8. The van der Waals surface area contributed by atoms with E-state index in [2.05, 4.69) is 36.1 Å². The van der Waals surface area contributed by atoms with Crippen molar-refractivity contribution in [3.63, 3.8) is 0 Å². The summed E-state index contributed by atoms with van der Waals surface area (Å²) in [6.07, 6.45) is -0.952. The van der Waals surface area contributed by atoms with Crippen LogP contribution in [0, 0.1) is 17.3 Å². The molecule has 2 amide bonds. The number of anilines is 1. The Hall–Kier alpha value is -2.75. The van der Waals surface area contributed by atoms with Gasteiger partial charge in [0.2, 0.25) is 0 Å². The van der Waals surface area contributed by atoms with Crippen LogP contribution in [0.15, 0.2) is 36.4 Å². The number of thiophene rings is 1. The topological polar surface area (TPSA) is 87.7 Å². The average molecular weight is 499 g/mol. The van der Waals surface area contributed by atoms with Crippen LogP contribution in [0.5, 0.6) is 5.75 Å². The molecule has 1 saturated carbocycles. The molecule has 1 fully saturated rings. The van der Waals surface area contributed by atoms with Crippen LogP contribution in [0.3, 0.4) is 0 Å². The quantitative estimate of drug-likeness (QED) is 0.398. The maximum atomic E-state index is 12.8. The van der Waals surface area contributed by atoms with Crippen molar-refractivity contribution in [2.45, 2.75) is 58.9 Å². The van der Waals surface area contributed by atoms with Crippen LogP contribution in [0.4, 0.5) is 23.7 Å². The van der Waals surface area contributed by atoms with Gasteiger partial charge in [0.15, 0.2) is 0 Å². The second-order valence-electron chi connectivity index (χ2n) is 9.63. The van der Waals surface area contributed by atoms with E-state index >= 15 is 0 Å². The predicted molar refractivity (Wildman–Crippen MR) is 124 cm³/mol. The molecular weight excluding hydrogens is 469 g/mol. The molecule has 0 radical (unpaired) electrons. The van der Waals surface area contributed by atoms with Gasteiger partial charge in [0.05, 0.1) is 6.04 Å². The molecule has 1 aromatic heterocycles. The predicted octanol–water partition coefficient (Wildman–Crippen LogP) is 7.06. The van der Waals surface area contributed by atoms with Crippen LogP contribution in [0.1, 0.15) is 67.0 Å². The Morgan fingerprint density at radius 3 is 2.15 bits per heavy atom. The molecule has 0 spiro atoms. The van der Waals surface area contributed by atoms with Gasteiger partial charge >= 0.3 is 18.4 Å². The Kier molecular flexibility index (Phi) is 7.80. The van der Waals surface area contributed by atoms with Crippen LogP contribution in [0.2, 0.25) is 0 Å². The van der Waals surface area contributed by atoms with Gasteiger partial charge in [0.25, 0.3) is 0 Å². The molecule has 3 N–H and O–H groups in total. The first kappa shape index (κ1) is 25.9. The summed E-state index contributed by atoms with van der Waals surface area (Å²) in [7, 11) is 0. The second kappa shape index (κ2) is 10.2. The first-order chi connectivity index (χ1) is 15.8. The molecule has 1 aliphatic rings. The zero-order valence-corrected chi connectivity index (χ0v) is 20.1. The Morgan fingerprint density at radius 2 is 1.65 bits per heavy atom. The summed E-state index contributed by atoms with van der Waals surface area (Å²) >= 11 is 1.14. The normalized spacial score (nSPS) is 19.8. The minimum Gasteiger partial charge on any atom is -0.477 e. The van der Waals surface area contributed by atoms with Gasteiger partial charge in [-0.1, -0.05) is 20.8 Å². The number of amides is 2. The molecule has 6 nitrogen and oxygen atoms in total. The molecular formula is C24H29F3N2O4S. The molecule has 0 saturated heterocycles. The number of benzene rings is 1. The molecule has 3 rings (SSSR count). The fourth-order valence-electron chi connectivity index (χ4n) is 4.42. The monoisotopic (exact) mass is 498 g/mol. The maximum Gasteiger partial charge on any atom is 0.573 e. The van der Waals surface area contributed by atoms with E-state index in [0.29, 0.717) is 11.6 Å². The molecule has 1 aliphatic carbocycles. The lowest BCUT2D eigenvalue weighted by molar-refractivity contribution is -0.274. The van der Waals surface area contributed by atoms with E-state index in [1.165, 1.54) is 18.2 Å². The van der Waals surface area contributed by atoms with Crippen molar-refractivity contribution in [1.82, 2.24) is 5.32 Å². The van der Waals surface area contributed by atoms with Gasteiger partial charge in [-0.15, -0.1) is 24.5 Å². The highest BCUT2D eigenvalue weighted by molar-refractivity contribution is 7.14. The summed E-state index contributed by atoms with van der Waals surface area (Å²) in [6, 6.07) is 7.26. The number of carbonyl (C=O) groups is 2. The van der Waals surface area contributed by atoms with Crippen molar-refractivity contribution in [2.24, 2.45) is 17.3 Å². The number of aromatic carboxylic acids is 1. The van der Waals surface area contributed by atoms with Gasteiger partial charge in [0, 0.05) is 10.6 Å². The molecule has 2 aromatic rings. The molecule has 0 aliphatic heterocycles. The van der Waals surface area contributed by atoms with Crippen molar-refractivity contribution in [3.8, 4) is 5.75 Å². The fraction of sp³-hybridized carbons (Fsp3) is 0.500. The lowest BCUT2D eigenvalue weighted by Crippen LogP contribution is -2.38. The minimum absolute atomic E-state index is 0.146. The highest BCUT2D eigenvalue weighted by Gasteiger charge is 2.35. The molecule has 34 heavy (non-hydrogen) atoms. The fourth-order valence-corrected chi connectivity index (χ4v) is 5.41. The summed E-state index contributed by atoms with van der Waals surface area (Å²) in [5.41, 5.74) is 0.506. The number of hydrogen-bond donors (Lipinski definition) is 3. The van der Waals surface area contributed by atoms with Crippen LogP contribution in [-0.2, 0) is 0 Å². The summed E-state index contributed by atoms with van der Waals surface area (Å²) in [5, 5.41) is 14.9. The van der Waals surface area contributed by atoms with Gasteiger partial charge in [-0.3, -0.25) is 0 Å². The number of urea groups is 1. The van der Waals surface area contributed by atoms with E-state index in [1.807, 2.05) is 0 Å². The van der Waals surface area contributed by atoms with E-state index in [-0.39, 0.29) is 28.0 Å². The number of alkyl halides is 3. The molecule has 0 bridgehead atoms. The van der Waals surface area contributed by atoms with E-state index in [1.54, 1.807) is 6.07 Å². The number of carboxylic acid groups (broad SMARTS) is 1. The van der Waals surface area contributed by atoms with E-state index in [0.717, 1.165) is 54.0 Å². The second-order valence-corrected chi connectivity index (χ2v) is 10.7. The van der Waals surface area contributed by atoms with Gasteiger partial charge in [-0.2, -0.15) is 0 Å². The van der Waals surface area contributed by atoms with Gasteiger partial charge < -0.3 is 20.5 Å². The molecule has 186 valence electrons.